The summed E-state index contributed by atoms with van der Waals surface area (Å²) in [5.41, 5.74) is 12.1. The summed E-state index contributed by atoms with van der Waals surface area (Å²) >= 11 is 0. The molecule has 4 rings (SSSR count). The van der Waals surface area contributed by atoms with Crippen molar-refractivity contribution in [3.05, 3.63) is 54.7 Å². The van der Waals surface area contributed by atoms with Gasteiger partial charge in [0, 0.05) is 17.3 Å². The first-order valence-electron chi connectivity index (χ1n) is 6.13. The van der Waals surface area contributed by atoms with Crippen LogP contribution in [0.4, 0.5) is 5.69 Å². The van der Waals surface area contributed by atoms with Crippen LogP contribution in [0.3, 0.4) is 0 Å². The minimum atomic E-state index is 0.759. The second-order valence-corrected chi connectivity index (χ2v) is 4.58. The van der Waals surface area contributed by atoms with Gasteiger partial charge < -0.3 is 10.7 Å². The van der Waals surface area contributed by atoms with E-state index in [4.69, 9.17) is 5.73 Å². The van der Waals surface area contributed by atoms with E-state index in [1.165, 1.54) is 0 Å². The molecule has 0 fully saturated rings. The van der Waals surface area contributed by atoms with Crippen LogP contribution < -0.4 is 5.73 Å². The highest BCUT2D eigenvalue weighted by molar-refractivity contribution is 5.91. The van der Waals surface area contributed by atoms with Crippen molar-refractivity contribution >= 4 is 22.4 Å². The molecule has 0 saturated heterocycles. The zero-order valence-electron chi connectivity index (χ0n) is 10.2. The molecule has 0 bridgehead atoms. The van der Waals surface area contributed by atoms with Gasteiger partial charge in [-0.3, -0.25) is 0 Å². The van der Waals surface area contributed by atoms with Crippen molar-refractivity contribution in [3.63, 3.8) is 0 Å². The number of anilines is 1. The number of rotatable bonds is 1. The quantitative estimate of drug-likeness (QED) is 0.508. The fourth-order valence-corrected chi connectivity index (χ4v) is 2.48. The molecule has 2 aromatic heterocycles. The van der Waals surface area contributed by atoms with E-state index in [9.17, 15) is 0 Å². The van der Waals surface area contributed by atoms with Gasteiger partial charge in [0.1, 0.15) is 5.65 Å². The predicted molar refractivity (Wildman–Crippen MR) is 76.9 cm³/mol. The van der Waals surface area contributed by atoms with Crippen LogP contribution in [-0.2, 0) is 0 Å². The Morgan fingerprint density at radius 3 is 2.74 bits per heavy atom. The van der Waals surface area contributed by atoms with Crippen LogP contribution in [0.15, 0.2) is 54.7 Å². The summed E-state index contributed by atoms with van der Waals surface area (Å²) in [6.07, 6.45) is 1.77. The number of nitrogens with two attached hydrogens (primary N) is 1. The second kappa shape index (κ2) is 3.62. The van der Waals surface area contributed by atoms with Crippen LogP contribution >= 0.6 is 0 Å². The van der Waals surface area contributed by atoms with Crippen LogP contribution in [0, 0.1) is 0 Å². The van der Waals surface area contributed by atoms with Crippen molar-refractivity contribution in [1.82, 2.24) is 14.6 Å². The smallest absolute Gasteiger partial charge is 0.134 e. The number of H-pyrrole nitrogens is 1. The molecule has 2 heterocycles. The number of benzene rings is 2. The largest absolute Gasteiger partial charge is 0.398 e. The van der Waals surface area contributed by atoms with Gasteiger partial charge in [0.05, 0.1) is 17.2 Å². The fourth-order valence-electron chi connectivity index (χ4n) is 2.48. The lowest BCUT2D eigenvalue weighted by Gasteiger charge is -2.06. The zero-order valence-corrected chi connectivity index (χ0v) is 10.2. The second-order valence-electron chi connectivity index (χ2n) is 4.58. The molecule has 92 valence electrons. The number of hydrogen-bond acceptors (Lipinski definition) is 2. The Hall–Kier alpha value is -2.75. The normalized spacial score (nSPS) is 11.4. The molecular formula is C15H12N4. The third-order valence-electron chi connectivity index (χ3n) is 3.39. The van der Waals surface area contributed by atoms with E-state index in [1.54, 1.807) is 6.20 Å². The van der Waals surface area contributed by atoms with Gasteiger partial charge >= 0.3 is 0 Å². The third kappa shape index (κ3) is 1.43. The van der Waals surface area contributed by atoms with Crippen molar-refractivity contribution in [2.75, 3.05) is 5.73 Å². The van der Waals surface area contributed by atoms with Gasteiger partial charge in [-0.2, -0.15) is 5.10 Å². The maximum Gasteiger partial charge on any atom is 0.134 e. The number of nitrogen functional groups attached to an aromatic ring is 1. The maximum absolute atomic E-state index is 6.18. The summed E-state index contributed by atoms with van der Waals surface area (Å²) in [4.78, 5) is 3.34. The zero-order chi connectivity index (χ0) is 12.8. The number of nitrogens with zero attached hydrogens (tertiary/aromatic N) is 2. The molecule has 0 atom stereocenters. The van der Waals surface area contributed by atoms with E-state index in [1.807, 2.05) is 34.8 Å². The van der Waals surface area contributed by atoms with Crippen LogP contribution in [0.2, 0.25) is 0 Å². The van der Waals surface area contributed by atoms with Crippen LogP contribution in [-0.4, -0.2) is 14.6 Å². The summed E-state index contributed by atoms with van der Waals surface area (Å²) in [6.45, 7) is 0. The Labute approximate surface area is 109 Å². The summed E-state index contributed by atoms with van der Waals surface area (Å²) < 4.78 is 1.86. The number of aromatic amines is 1. The van der Waals surface area contributed by atoms with E-state index >= 15 is 0 Å². The number of imidazole rings is 1. The molecule has 0 saturated carbocycles. The minimum absolute atomic E-state index is 0.759. The van der Waals surface area contributed by atoms with Gasteiger partial charge in [0.2, 0.25) is 0 Å². The van der Waals surface area contributed by atoms with E-state index in [0.29, 0.717) is 0 Å². The van der Waals surface area contributed by atoms with Crippen LogP contribution in [0.1, 0.15) is 0 Å². The molecule has 0 unspecified atom stereocenters. The minimum Gasteiger partial charge on any atom is -0.398 e. The van der Waals surface area contributed by atoms with Gasteiger partial charge in [0.15, 0.2) is 0 Å². The first-order chi connectivity index (χ1) is 9.33. The lowest BCUT2D eigenvalue weighted by Crippen LogP contribution is -1.91. The molecule has 0 spiro atoms. The summed E-state index contributed by atoms with van der Waals surface area (Å²) in [6, 6.07) is 16.1. The highest BCUT2D eigenvalue weighted by atomic mass is 15.3. The number of hydrogen-bond donors (Lipinski definition) is 2. The SMILES string of the molecule is Nc1cc2c(cc1-c1ccccc1)[nH]c1ccnn12. The summed E-state index contributed by atoms with van der Waals surface area (Å²) in [5.74, 6) is 0. The average Bonchev–Trinajstić information content (AvgIpc) is 3.00. The lowest BCUT2D eigenvalue weighted by atomic mass is 10.0. The lowest BCUT2D eigenvalue weighted by molar-refractivity contribution is 1.01. The van der Waals surface area contributed by atoms with Gasteiger partial charge in [-0.15, -0.1) is 0 Å². The van der Waals surface area contributed by atoms with Crippen molar-refractivity contribution in [2.24, 2.45) is 0 Å². The molecule has 0 aliphatic rings. The maximum atomic E-state index is 6.18. The van der Waals surface area contributed by atoms with E-state index in [-0.39, 0.29) is 0 Å². The van der Waals surface area contributed by atoms with Gasteiger partial charge in [-0.25, -0.2) is 4.52 Å². The highest BCUT2D eigenvalue weighted by Gasteiger charge is 2.09. The van der Waals surface area contributed by atoms with Gasteiger partial charge in [0.25, 0.3) is 0 Å². The number of fused-ring (bicyclic) bond motifs is 3. The monoisotopic (exact) mass is 248 g/mol. The Kier molecular flexibility index (Phi) is 1.94. The third-order valence-corrected chi connectivity index (χ3v) is 3.39. The van der Waals surface area contributed by atoms with Gasteiger partial charge in [-0.1, -0.05) is 30.3 Å². The van der Waals surface area contributed by atoms with Crippen molar-refractivity contribution < 1.29 is 0 Å². The molecule has 4 heteroatoms. The van der Waals surface area contributed by atoms with E-state index in [0.717, 1.165) is 33.5 Å². The molecule has 0 radical (unpaired) electrons. The first kappa shape index (κ1) is 10.2. The topological polar surface area (TPSA) is 59.1 Å². The Balaban J connectivity index is 2.05. The van der Waals surface area contributed by atoms with Crippen LogP contribution in [0.25, 0.3) is 27.8 Å². The van der Waals surface area contributed by atoms with Crippen LogP contribution in [0.5, 0.6) is 0 Å². The molecule has 4 nitrogen and oxygen atoms in total. The number of nitrogens with one attached hydrogen (secondary N) is 1. The van der Waals surface area contributed by atoms with E-state index in [2.05, 4.69) is 28.3 Å². The molecule has 0 aliphatic carbocycles. The molecular weight excluding hydrogens is 236 g/mol. The highest BCUT2D eigenvalue weighted by Crippen LogP contribution is 2.30. The van der Waals surface area contributed by atoms with Gasteiger partial charge in [-0.05, 0) is 17.7 Å². The van der Waals surface area contributed by atoms with Crippen molar-refractivity contribution in [2.45, 2.75) is 0 Å². The predicted octanol–water partition coefficient (Wildman–Crippen LogP) is 3.06. The first-order valence-corrected chi connectivity index (χ1v) is 6.13. The molecule has 2 aromatic carbocycles. The number of aromatic nitrogens is 3. The Morgan fingerprint density at radius 2 is 1.89 bits per heavy atom. The Bertz CT molecular complexity index is 871. The molecule has 4 aromatic rings. The fraction of sp³-hybridized carbons (Fsp3) is 0. The summed E-state index contributed by atoms with van der Waals surface area (Å²) in [5, 5.41) is 4.28. The average molecular weight is 248 g/mol. The molecule has 3 N–H and O–H groups in total. The van der Waals surface area contributed by atoms with Crippen molar-refractivity contribution in [3.8, 4) is 11.1 Å². The standard InChI is InChI=1S/C15H12N4/c16-12-9-14-13(18-15-6-7-17-19(14)15)8-11(12)10-4-2-1-3-5-10/h1-9,18H,16H2. The molecule has 0 amide bonds. The van der Waals surface area contributed by atoms with E-state index < -0.39 is 0 Å². The Morgan fingerprint density at radius 1 is 1.05 bits per heavy atom. The van der Waals surface area contributed by atoms with Crippen molar-refractivity contribution in [1.29, 1.82) is 0 Å². The summed E-state index contributed by atoms with van der Waals surface area (Å²) in [7, 11) is 0. The molecule has 0 aliphatic heterocycles. The molecule has 19 heavy (non-hydrogen) atoms.